The second-order valence-corrected chi connectivity index (χ2v) is 8.34. The van der Waals surface area contributed by atoms with Gasteiger partial charge in [-0.3, -0.25) is 9.89 Å². The Hall–Kier alpha value is -0.860. The van der Waals surface area contributed by atoms with Crippen LogP contribution in [0.3, 0.4) is 0 Å². The molecule has 3 rings (SSSR count). The number of hydrogen-bond donors (Lipinski definition) is 2. The minimum Gasteiger partial charge on any atom is -0.355 e. The fourth-order valence-corrected chi connectivity index (χ4v) is 4.48. The second kappa shape index (κ2) is 11.4. The molecule has 0 radical (unpaired) electrons. The molecule has 2 N–H and O–H groups in total. The highest BCUT2D eigenvalue weighted by Crippen LogP contribution is 2.30. The number of hydrogen-bond acceptors (Lipinski definition) is 3. The van der Waals surface area contributed by atoms with Crippen molar-refractivity contribution in [3.05, 3.63) is 35.4 Å². The third kappa shape index (κ3) is 6.32. The normalized spacial score (nSPS) is 21.0. The van der Waals surface area contributed by atoms with Gasteiger partial charge in [-0.1, -0.05) is 36.2 Å². The zero-order valence-electron chi connectivity index (χ0n) is 17.8. The highest BCUT2D eigenvalue weighted by atomic mass is 127. The first-order chi connectivity index (χ1) is 13.1. The lowest BCUT2D eigenvalue weighted by Crippen LogP contribution is -2.62. The number of likely N-dealkylation sites (tertiary alicyclic amines) is 2. The van der Waals surface area contributed by atoms with Crippen LogP contribution in [0, 0.1) is 6.92 Å². The maximum Gasteiger partial charge on any atom is 0.191 e. The van der Waals surface area contributed by atoms with E-state index in [1.807, 2.05) is 7.05 Å². The Morgan fingerprint density at radius 2 is 1.79 bits per heavy atom. The number of halogens is 1. The lowest BCUT2D eigenvalue weighted by Gasteiger charge is -2.50. The molecular formula is C22H38IN5. The van der Waals surface area contributed by atoms with Crippen LogP contribution in [-0.4, -0.2) is 68.1 Å². The number of rotatable bonds is 5. The summed E-state index contributed by atoms with van der Waals surface area (Å²) < 4.78 is 0. The maximum absolute atomic E-state index is 4.47. The molecule has 0 unspecified atom stereocenters. The topological polar surface area (TPSA) is 42.9 Å². The Balaban J connectivity index is 0.00000280. The molecule has 0 aromatic heterocycles. The molecule has 1 aromatic carbocycles. The van der Waals surface area contributed by atoms with Gasteiger partial charge in [0.2, 0.25) is 0 Å². The number of nitrogens with one attached hydrogen (secondary N) is 2. The van der Waals surface area contributed by atoms with Crippen LogP contribution < -0.4 is 10.6 Å². The first kappa shape index (κ1) is 23.4. The van der Waals surface area contributed by atoms with E-state index in [1.165, 1.54) is 69.4 Å². The number of guanidine groups is 1. The Morgan fingerprint density at radius 1 is 1.07 bits per heavy atom. The summed E-state index contributed by atoms with van der Waals surface area (Å²) in [5.74, 6) is 0.909. The summed E-state index contributed by atoms with van der Waals surface area (Å²) >= 11 is 0. The van der Waals surface area contributed by atoms with E-state index in [9.17, 15) is 0 Å². The molecule has 0 amide bonds. The minimum atomic E-state index is 0. The largest absolute Gasteiger partial charge is 0.355 e. The summed E-state index contributed by atoms with van der Waals surface area (Å²) in [6.07, 6.45) is 6.56. The van der Waals surface area contributed by atoms with Crippen molar-refractivity contribution >= 4 is 29.9 Å². The van der Waals surface area contributed by atoms with Gasteiger partial charge in [0.1, 0.15) is 0 Å². The van der Waals surface area contributed by atoms with Crippen LogP contribution in [0.2, 0.25) is 0 Å². The zero-order chi connectivity index (χ0) is 19.1. The van der Waals surface area contributed by atoms with Gasteiger partial charge in [0.05, 0.1) is 0 Å². The van der Waals surface area contributed by atoms with Gasteiger partial charge in [-0.05, 0) is 71.4 Å². The third-order valence-corrected chi connectivity index (χ3v) is 6.30. The van der Waals surface area contributed by atoms with Crippen LogP contribution in [0.1, 0.15) is 43.2 Å². The van der Waals surface area contributed by atoms with Crippen molar-refractivity contribution in [2.75, 3.05) is 46.8 Å². The van der Waals surface area contributed by atoms with E-state index in [0.717, 1.165) is 19.0 Å². The molecule has 0 aliphatic carbocycles. The van der Waals surface area contributed by atoms with Crippen LogP contribution >= 0.6 is 24.0 Å². The third-order valence-electron chi connectivity index (χ3n) is 6.30. The lowest BCUT2D eigenvalue weighted by atomic mass is 9.84. The monoisotopic (exact) mass is 499 g/mol. The maximum atomic E-state index is 4.47. The van der Waals surface area contributed by atoms with Crippen LogP contribution in [0.25, 0.3) is 0 Å². The SMILES string of the molecule is CN=C(NCc1cccc(C)c1)NCC1(N2CCCCC2)CCN(C)CC1.I. The standard InChI is InChI=1S/C22H37N5.HI/c1-19-8-7-9-20(16-19)17-24-21(23-2)25-18-22(10-14-26(3)15-11-22)27-12-5-4-6-13-27;/h7-9,16H,4-6,10-15,17-18H2,1-3H3,(H2,23,24,25);1H. The summed E-state index contributed by atoms with van der Waals surface area (Å²) in [7, 11) is 4.11. The molecule has 5 nitrogen and oxygen atoms in total. The zero-order valence-corrected chi connectivity index (χ0v) is 20.2. The molecule has 2 saturated heterocycles. The Bertz CT molecular complexity index is 619. The molecule has 2 aliphatic heterocycles. The van der Waals surface area contributed by atoms with E-state index in [4.69, 9.17) is 0 Å². The molecule has 1 aromatic rings. The average Bonchev–Trinajstić information content (AvgIpc) is 2.70. The summed E-state index contributed by atoms with van der Waals surface area (Å²) in [6.45, 7) is 8.80. The van der Waals surface area contributed by atoms with Gasteiger partial charge < -0.3 is 15.5 Å². The van der Waals surface area contributed by atoms with E-state index in [0.29, 0.717) is 0 Å². The lowest BCUT2D eigenvalue weighted by molar-refractivity contribution is 0.0173. The predicted octanol–water partition coefficient (Wildman–Crippen LogP) is 3.23. The van der Waals surface area contributed by atoms with Crippen LogP contribution in [-0.2, 0) is 6.54 Å². The van der Waals surface area contributed by atoms with Gasteiger partial charge in [-0.25, -0.2) is 0 Å². The smallest absolute Gasteiger partial charge is 0.191 e. The van der Waals surface area contributed by atoms with Gasteiger partial charge in [-0.2, -0.15) is 0 Å². The number of piperidine rings is 2. The minimum absolute atomic E-state index is 0. The second-order valence-electron chi connectivity index (χ2n) is 8.34. The van der Waals surface area contributed by atoms with Gasteiger partial charge >= 0.3 is 0 Å². The average molecular weight is 499 g/mol. The van der Waals surface area contributed by atoms with E-state index >= 15 is 0 Å². The van der Waals surface area contributed by atoms with E-state index in [-0.39, 0.29) is 29.5 Å². The molecular weight excluding hydrogens is 461 g/mol. The first-order valence-corrected chi connectivity index (χ1v) is 10.5. The van der Waals surface area contributed by atoms with E-state index in [1.54, 1.807) is 0 Å². The molecule has 2 fully saturated rings. The van der Waals surface area contributed by atoms with E-state index < -0.39 is 0 Å². The van der Waals surface area contributed by atoms with Crippen molar-refractivity contribution < 1.29 is 0 Å². The molecule has 0 spiro atoms. The Labute approximate surface area is 188 Å². The van der Waals surface area contributed by atoms with Gasteiger partial charge in [0.25, 0.3) is 0 Å². The highest BCUT2D eigenvalue weighted by Gasteiger charge is 2.39. The number of aryl methyl sites for hydroxylation is 1. The number of benzene rings is 1. The Morgan fingerprint density at radius 3 is 2.43 bits per heavy atom. The fraction of sp³-hybridized carbons (Fsp3) is 0.682. The Kier molecular flexibility index (Phi) is 9.50. The van der Waals surface area contributed by atoms with Crippen molar-refractivity contribution in [3.8, 4) is 0 Å². The fourth-order valence-electron chi connectivity index (χ4n) is 4.48. The van der Waals surface area contributed by atoms with E-state index in [2.05, 4.69) is 63.7 Å². The molecule has 0 saturated carbocycles. The predicted molar refractivity (Wildman–Crippen MR) is 130 cm³/mol. The quantitative estimate of drug-likeness (QED) is 0.371. The molecule has 0 bridgehead atoms. The molecule has 158 valence electrons. The molecule has 2 heterocycles. The summed E-state index contributed by atoms with van der Waals surface area (Å²) in [6, 6.07) is 8.65. The van der Waals surface area contributed by atoms with Gasteiger partial charge in [0, 0.05) is 25.7 Å². The number of nitrogens with zero attached hydrogens (tertiary/aromatic N) is 3. The van der Waals surface area contributed by atoms with Crippen molar-refractivity contribution in [1.82, 2.24) is 20.4 Å². The van der Waals surface area contributed by atoms with Crippen LogP contribution in [0.5, 0.6) is 0 Å². The molecule has 2 aliphatic rings. The van der Waals surface area contributed by atoms with Crippen molar-refractivity contribution in [2.45, 2.75) is 51.1 Å². The van der Waals surface area contributed by atoms with Crippen molar-refractivity contribution in [1.29, 1.82) is 0 Å². The van der Waals surface area contributed by atoms with Gasteiger partial charge in [0.15, 0.2) is 5.96 Å². The summed E-state index contributed by atoms with van der Waals surface area (Å²) in [4.78, 5) is 9.70. The van der Waals surface area contributed by atoms with Crippen LogP contribution in [0.4, 0.5) is 0 Å². The molecule has 28 heavy (non-hydrogen) atoms. The highest BCUT2D eigenvalue weighted by molar-refractivity contribution is 14.0. The van der Waals surface area contributed by atoms with Crippen molar-refractivity contribution in [2.24, 2.45) is 4.99 Å². The van der Waals surface area contributed by atoms with Crippen molar-refractivity contribution in [3.63, 3.8) is 0 Å². The summed E-state index contributed by atoms with van der Waals surface area (Å²) in [5, 5.41) is 7.15. The first-order valence-electron chi connectivity index (χ1n) is 10.5. The summed E-state index contributed by atoms with van der Waals surface area (Å²) in [5.41, 5.74) is 2.86. The molecule has 0 atom stereocenters. The number of aliphatic imine (C=N–C) groups is 1. The van der Waals surface area contributed by atoms with Gasteiger partial charge in [-0.15, -0.1) is 24.0 Å². The van der Waals surface area contributed by atoms with Crippen LogP contribution in [0.15, 0.2) is 29.3 Å². The molecule has 6 heteroatoms.